The highest BCUT2D eigenvalue weighted by atomic mass is 16.5. The number of guanidine groups is 1. The molecule has 4 rings (SSSR count). The molecule has 56 heavy (non-hydrogen) atoms. The van der Waals surface area contributed by atoms with Crippen molar-refractivity contribution in [3.05, 3.63) is 24.3 Å². The van der Waals surface area contributed by atoms with Gasteiger partial charge in [0, 0.05) is 50.3 Å². The van der Waals surface area contributed by atoms with Crippen molar-refractivity contribution in [2.45, 2.75) is 129 Å². The van der Waals surface area contributed by atoms with Crippen LogP contribution in [0.5, 0.6) is 11.5 Å². The molecule has 1 aromatic carbocycles. The SMILES string of the molecule is CC(C)(C)[C@H](CC(=O)[C@H](CCCN=C(N)N)NC(=O)[C@@H]1CCOc2cccc(c2)OCCCC(=O)N2CCC[C@H]2C(=O)N[C@@H](C2CCCCC2)C(=O)C1)C(N)=O. The zero-order chi connectivity index (χ0) is 40.8. The first-order valence-corrected chi connectivity index (χ1v) is 20.3. The second-order valence-corrected chi connectivity index (χ2v) is 16.6. The van der Waals surface area contributed by atoms with E-state index in [1.54, 1.807) is 29.2 Å². The fourth-order valence-corrected chi connectivity index (χ4v) is 8.03. The lowest BCUT2D eigenvalue weighted by atomic mass is 9.76. The number of rotatable bonds is 11. The number of benzene rings is 1. The van der Waals surface area contributed by atoms with Crippen LogP contribution in [0.2, 0.25) is 0 Å². The largest absolute Gasteiger partial charge is 0.493 e. The van der Waals surface area contributed by atoms with Crippen molar-refractivity contribution < 1.29 is 38.2 Å². The van der Waals surface area contributed by atoms with Crippen LogP contribution in [0.25, 0.3) is 0 Å². The lowest BCUT2D eigenvalue weighted by Crippen LogP contribution is -2.54. The van der Waals surface area contributed by atoms with E-state index in [2.05, 4.69) is 15.6 Å². The molecule has 5 atom stereocenters. The number of fused-ring (bicyclic) bond motifs is 3. The van der Waals surface area contributed by atoms with Crippen molar-refractivity contribution in [1.29, 1.82) is 0 Å². The van der Waals surface area contributed by atoms with E-state index in [-0.39, 0.29) is 80.5 Å². The van der Waals surface area contributed by atoms with E-state index in [9.17, 15) is 28.8 Å². The van der Waals surface area contributed by atoms with Crippen molar-refractivity contribution >= 4 is 41.2 Å². The summed E-state index contributed by atoms with van der Waals surface area (Å²) in [6.45, 7) is 6.50. The molecule has 1 aromatic rings. The predicted molar refractivity (Wildman–Crippen MR) is 211 cm³/mol. The van der Waals surface area contributed by atoms with Gasteiger partial charge in [-0.2, -0.15) is 0 Å². The van der Waals surface area contributed by atoms with Crippen molar-refractivity contribution in [3.8, 4) is 11.5 Å². The van der Waals surface area contributed by atoms with E-state index in [1.165, 1.54) is 0 Å². The molecule has 0 unspecified atom stereocenters. The molecule has 0 aromatic heterocycles. The predicted octanol–water partition coefficient (Wildman–Crippen LogP) is 2.90. The zero-order valence-corrected chi connectivity index (χ0v) is 33.4. The fraction of sp³-hybridized carbons (Fsp3) is 0.683. The number of carbonyl (C=O) groups excluding carboxylic acids is 6. The van der Waals surface area contributed by atoms with Crippen LogP contribution in [0.3, 0.4) is 0 Å². The van der Waals surface area contributed by atoms with Crippen LogP contribution in [0.1, 0.15) is 111 Å². The van der Waals surface area contributed by atoms with E-state index in [1.807, 2.05) is 20.8 Å². The molecule has 15 nitrogen and oxygen atoms in total. The number of carbonyl (C=O) groups is 6. The minimum absolute atomic E-state index is 0.0672. The maximum atomic E-state index is 14.4. The lowest BCUT2D eigenvalue weighted by Gasteiger charge is -2.33. The number of Topliss-reactive ketones (excluding diaryl/α,β-unsaturated/α-hetero) is 2. The van der Waals surface area contributed by atoms with Crippen molar-refractivity contribution in [2.75, 3.05) is 26.3 Å². The quantitative estimate of drug-likeness (QED) is 0.125. The molecular formula is C41H63N7O8. The number of aliphatic imine (C=N–C) groups is 1. The molecule has 2 aliphatic heterocycles. The Morgan fingerprint density at radius 3 is 2.30 bits per heavy atom. The first-order chi connectivity index (χ1) is 26.6. The summed E-state index contributed by atoms with van der Waals surface area (Å²) in [6.07, 6.45) is 6.50. The van der Waals surface area contributed by atoms with Crippen LogP contribution < -0.4 is 37.3 Å². The Bertz CT molecular complexity index is 1570. The number of ether oxygens (including phenoxy) is 2. The number of primary amides is 1. The van der Waals surface area contributed by atoms with Gasteiger partial charge in [-0.1, -0.05) is 46.1 Å². The highest BCUT2D eigenvalue weighted by Gasteiger charge is 2.40. The lowest BCUT2D eigenvalue weighted by molar-refractivity contribution is -0.140. The van der Waals surface area contributed by atoms with Gasteiger partial charge in [-0.25, -0.2) is 0 Å². The number of nitrogens with one attached hydrogen (secondary N) is 2. The van der Waals surface area contributed by atoms with Crippen LogP contribution in [-0.4, -0.2) is 90.5 Å². The standard InChI is InChI=1S/C41H63N7O8/c1-41(2,3)30(37(42)52)25-33(49)31(15-8-19-45-40(43)44)46-38(53)27-18-22-56-29-14-7-13-28(24-29)55-21-10-17-35(51)48-20-9-16-32(48)39(54)47-36(34(50)23-27)26-11-5-4-6-12-26/h7,13-14,24,26-27,30-32,36H,4-6,8-12,15-23,25H2,1-3H3,(H2,42,52)(H,46,53)(H,47,54)(H4,43,44,45)/t27-,30-,31+,32+,36+/m1/s1. The maximum absolute atomic E-state index is 14.4. The Hall–Kier alpha value is -4.69. The molecule has 2 heterocycles. The van der Waals surface area contributed by atoms with Gasteiger partial charge >= 0.3 is 0 Å². The molecule has 8 N–H and O–H groups in total. The summed E-state index contributed by atoms with van der Waals surface area (Å²) in [6, 6.07) is 4.51. The number of hydrogen-bond acceptors (Lipinski definition) is 9. The third kappa shape index (κ3) is 13.2. The molecule has 1 saturated heterocycles. The summed E-state index contributed by atoms with van der Waals surface area (Å²) in [7, 11) is 0. The minimum Gasteiger partial charge on any atom is -0.493 e. The Labute approximate surface area is 330 Å². The Morgan fingerprint density at radius 1 is 0.946 bits per heavy atom. The first-order valence-electron chi connectivity index (χ1n) is 20.3. The summed E-state index contributed by atoms with van der Waals surface area (Å²) in [5, 5.41) is 5.95. The van der Waals surface area contributed by atoms with Gasteiger partial charge in [0.2, 0.25) is 23.6 Å². The second-order valence-electron chi connectivity index (χ2n) is 16.6. The van der Waals surface area contributed by atoms with Gasteiger partial charge in [-0.05, 0) is 74.8 Å². The average Bonchev–Trinajstić information content (AvgIpc) is 3.65. The van der Waals surface area contributed by atoms with Crippen molar-refractivity contribution in [3.63, 3.8) is 0 Å². The summed E-state index contributed by atoms with van der Waals surface area (Å²) in [4.78, 5) is 87.9. The van der Waals surface area contributed by atoms with Gasteiger partial charge in [0.15, 0.2) is 17.5 Å². The molecular weight excluding hydrogens is 718 g/mol. The Balaban J connectivity index is 1.64. The smallest absolute Gasteiger partial charge is 0.243 e. The van der Waals surface area contributed by atoms with E-state index in [0.29, 0.717) is 50.3 Å². The number of nitrogens with two attached hydrogens (primary N) is 3. The molecule has 3 aliphatic rings. The molecule has 4 amide bonds. The highest BCUT2D eigenvalue weighted by molar-refractivity contribution is 5.96. The highest BCUT2D eigenvalue weighted by Crippen LogP contribution is 2.31. The molecule has 310 valence electrons. The van der Waals surface area contributed by atoms with E-state index < -0.39 is 47.2 Å². The summed E-state index contributed by atoms with van der Waals surface area (Å²) < 4.78 is 12.0. The van der Waals surface area contributed by atoms with E-state index in [4.69, 9.17) is 26.7 Å². The summed E-state index contributed by atoms with van der Waals surface area (Å²) in [5.74, 6) is -3.18. The normalized spacial score (nSPS) is 23.1. The van der Waals surface area contributed by atoms with E-state index in [0.717, 1.165) is 32.1 Å². The molecule has 2 bridgehead atoms. The van der Waals surface area contributed by atoms with Crippen molar-refractivity contribution in [2.24, 2.45) is 45.4 Å². The molecule has 1 saturated carbocycles. The van der Waals surface area contributed by atoms with Gasteiger partial charge in [-0.15, -0.1) is 0 Å². The number of hydrogen-bond donors (Lipinski definition) is 5. The van der Waals surface area contributed by atoms with Crippen LogP contribution in [-0.2, 0) is 28.8 Å². The summed E-state index contributed by atoms with van der Waals surface area (Å²) >= 11 is 0. The molecule has 1 aliphatic carbocycles. The molecule has 15 heteroatoms. The van der Waals surface area contributed by atoms with Gasteiger partial charge in [0.1, 0.15) is 17.5 Å². The minimum atomic E-state index is -1.01. The number of amides is 4. The average molecular weight is 782 g/mol. The topological polar surface area (TPSA) is 239 Å². The van der Waals surface area contributed by atoms with Crippen LogP contribution in [0, 0.1) is 23.2 Å². The van der Waals surface area contributed by atoms with Crippen LogP contribution in [0.15, 0.2) is 29.3 Å². The maximum Gasteiger partial charge on any atom is 0.243 e. The monoisotopic (exact) mass is 781 g/mol. The van der Waals surface area contributed by atoms with Gasteiger partial charge < -0.3 is 42.2 Å². The third-order valence-corrected chi connectivity index (χ3v) is 11.2. The first kappa shape index (κ1) is 44.0. The number of ketones is 2. The number of nitrogens with zero attached hydrogens (tertiary/aromatic N) is 2. The van der Waals surface area contributed by atoms with Gasteiger partial charge in [-0.3, -0.25) is 33.8 Å². The Morgan fingerprint density at radius 2 is 1.64 bits per heavy atom. The fourth-order valence-electron chi connectivity index (χ4n) is 8.03. The van der Waals surface area contributed by atoms with Crippen LogP contribution >= 0.6 is 0 Å². The van der Waals surface area contributed by atoms with Gasteiger partial charge in [0.05, 0.1) is 25.3 Å². The summed E-state index contributed by atoms with van der Waals surface area (Å²) in [5.41, 5.74) is 16.1. The third-order valence-electron chi connectivity index (χ3n) is 11.2. The van der Waals surface area contributed by atoms with Crippen LogP contribution in [0.4, 0.5) is 0 Å². The molecule has 0 radical (unpaired) electrons. The van der Waals surface area contributed by atoms with Crippen molar-refractivity contribution in [1.82, 2.24) is 15.5 Å². The zero-order valence-electron chi connectivity index (χ0n) is 33.4. The Kier molecular flexibility index (Phi) is 16.5. The van der Waals surface area contributed by atoms with Gasteiger partial charge in [0.25, 0.3) is 0 Å². The molecule has 0 spiro atoms. The van der Waals surface area contributed by atoms with E-state index >= 15 is 0 Å². The second kappa shape index (κ2) is 21.0. The molecule has 2 fully saturated rings.